The normalized spacial score (nSPS) is 16.4. The topological polar surface area (TPSA) is 46.5 Å². The minimum absolute atomic E-state index is 0.239. The van der Waals surface area contributed by atoms with E-state index in [4.69, 9.17) is 0 Å². The van der Waals surface area contributed by atoms with Gasteiger partial charge in [-0.15, -0.1) is 0 Å². The Morgan fingerprint density at radius 1 is 1.25 bits per heavy atom. The van der Waals surface area contributed by atoms with Crippen LogP contribution in [0.2, 0.25) is 0 Å². The van der Waals surface area contributed by atoms with Gasteiger partial charge in [0.2, 0.25) is 0 Å². The molecule has 1 aromatic carbocycles. The minimum Gasteiger partial charge on any atom is -0.469 e. The van der Waals surface area contributed by atoms with Crippen molar-refractivity contribution in [2.75, 3.05) is 7.11 Å². The van der Waals surface area contributed by atoms with Crippen LogP contribution in [0, 0.1) is 5.92 Å². The first-order chi connectivity index (χ1) is 9.14. The van der Waals surface area contributed by atoms with E-state index in [0.717, 1.165) is 12.1 Å². The maximum Gasteiger partial charge on any atom is 0.416 e. The van der Waals surface area contributed by atoms with Gasteiger partial charge in [-0.2, -0.15) is 13.2 Å². The number of hydrogen-bond acceptors (Lipinski definition) is 3. The molecule has 0 aromatic heterocycles. The Balaban J connectivity index is 3.12. The van der Waals surface area contributed by atoms with E-state index in [-0.39, 0.29) is 5.56 Å². The lowest BCUT2D eigenvalue weighted by Crippen LogP contribution is -2.37. The van der Waals surface area contributed by atoms with E-state index in [1.54, 1.807) is 6.92 Å². The molecule has 6 heteroatoms. The van der Waals surface area contributed by atoms with E-state index in [1.165, 1.54) is 26.2 Å². The van der Waals surface area contributed by atoms with E-state index < -0.39 is 29.2 Å². The second kappa shape index (κ2) is 5.83. The van der Waals surface area contributed by atoms with Crippen LogP contribution in [-0.4, -0.2) is 18.2 Å². The monoisotopic (exact) mass is 290 g/mol. The molecule has 2 atom stereocenters. The number of halogens is 3. The van der Waals surface area contributed by atoms with Gasteiger partial charge in [0.05, 0.1) is 18.6 Å². The van der Waals surface area contributed by atoms with Crippen molar-refractivity contribution >= 4 is 5.97 Å². The molecule has 0 aliphatic heterocycles. The van der Waals surface area contributed by atoms with Gasteiger partial charge in [0.15, 0.2) is 0 Å². The van der Waals surface area contributed by atoms with Gasteiger partial charge in [0.25, 0.3) is 0 Å². The molecule has 20 heavy (non-hydrogen) atoms. The maximum absolute atomic E-state index is 12.5. The Morgan fingerprint density at radius 3 is 2.05 bits per heavy atom. The summed E-state index contributed by atoms with van der Waals surface area (Å²) >= 11 is 0. The van der Waals surface area contributed by atoms with E-state index in [2.05, 4.69) is 4.74 Å². The highest BCUT2D eigenvalue weighted by Gasteiger charge is 2.39. The number of alkyl halides is 3. The molecule has 1 rings (SSSR count). The van der Waals surface area contributed by atoms with E-state index >= 15 is 0 Å². The van der Waals surface area contributed by atoms with Crippen molar-refractivity contribution in [1.82, 2.24) is 0 Å². The fourth-order valence-corrected chi connectivity index (χ4v) is 2.13. The highest BCUT2D eigenvalue weighted by atomic mass is 19.4. The van der Waals surface area contributed by atoms with Gasteiger partial charge in [-0.05, 0) is 31.0 Å². The summed E-state index contributed by atoms with van der Waals surface area (Å²) in [7, 11) is 1.20. The van der Waals surface area contributed by atoms with Crippen LogP contribution in [0.1, 0.15) is 31.4 Å². The molecular formula is C14H17F3O3. The lowest BCUT2D eigenvalue weighted by molar-refractivity contribution is -0.156. The number of methoxy groups -OCH3 is 1. The molecule has 0 saturated carbocycles. The van der Waals surface area contributed by atoms with Crippen LogP contribution in [0.4, 0.5) is 13.2 Å². The summed E-state index contributed by atoms with van der Waals surface area (Å²) in [6.07, 6.45) is -4.13. The highest BCUT2D eigenvalue weighted by molar-refractivity contribution is 5.74. The van der Waals surface area contributed by atoms with Crippen LogP contribution < -0.4 is 0 Å². The molecule has 0 fully saturated rings. The number of benzene rings is 1. The lowest BCUT2D eigenvalue weighted by Gasteiger charge is -2.31. The molecule has 0 heterocycles. The molecule has 1 aromatic rings. The van der Waals surface area contributed by atoms with Crippen molar-refractivity contribution in [1.29, 1.82) is 0 Å². The molecule has 0 radical (unpaired) electrons. The molecule has 0 aliphatic carbocycles. The summed E-state index contributed by atoms with van der Waals surface area (Å²) in [5.74, 6) is -1.44. The molecule has 0 amide bonds. The van der Waals surface area contributed by atoms with Crippen LogP contribution in [-0.2, 0) is 21.3 Å². The third-order valence-corrected chi connectivity index (χ3v) is 3.37. The molecule has 0 aliphatic rings. The fourth-order valence-electron chi connectivity index (χ4n) is 2.13. The van der Waals surface area contributed by atoms with Crippen molar-refractivity contribution < 1.29 is 27.8 Å². The summed E-state index contributed by atoms with van der Waals surface area (Å²) in [5, 5.41) is 10.5. The number of esters is 1. The van der Waals surface area contributed by atoms with E-state index in [9.17, 15) is 23.1 Å². The third-order valence-electron chi connectivity index (χ3n) is 3.37. The Labute approximate surface area is 115 Å². The molecule has 0 spiro atoms. The predicted octanol–water partition coefficient (Wildman–Crippen LogP) is 3.11. The Hall–Kier alpha value is -1.56. The van der Waals surface area contributed by atoms with Gasteiger partial charge in [0.1, 0.15) is 5.60 Å². The molecule has 3 nitrogen and oxygen atoms in total. The standard InChI is InChI=1S/C14H17F3O3/c1-4-11(12(18)20-3)13(2,19)9-5-7-10(8-6-9)14(15,16)17/h5-8,11,19H,4H2,1-3H3. The fraction of sp³-hybridized carbons (Fsp3) is 0.500. The average Bonchev–Trinajstić information content (AvgIpc) is 2.38. The minimum atomic E-state index is -4.43. The van der Waals surface area contributed by atoms with Gasteiger partial charge < -0.3 is 9.84 Å². The quantitative estimate of drug-likeness (QED) is 0.867. The average molecular weight is 290 g/mol. The van der Waals surface area contributed by atoms with Crippen LogP contribution in [0.3, 0.4) is 0 Å². The predicted molar refractivity (Wildman–Crippen MR) is 66.8 cm³/mol. The van der Waals surface area contributed by atoms with Crippen molar-refractivity contribution in [3.8, 4) is 0 Å². The van der Waals surface area contributed by atoms with Crippen molar-refractivity contribution in [2.24, 2.45) is 5.92 Å². The molecule has 2 unspecified atom stereocenters. The SMILES string of the molecule is CCC(C(=O)OC)C(C)(O)c1ccc(C(F)(F)F)cc1. The first-order valence-electron chi connectivity index (χ1n) is 6.12. The number of carbonyl (C=O) groups excluding carboxylic acids is 1. The zero-order chi connectivity index (χ0) is 15.6. The number of carbonyl (C=O) groups is 1. The summed E-state index contributed by atoms with van der Waals surface area (Å²) < 4.78 is 42.1. The number of aliphatic hydroxyl groups is 1. The van der Waals surface area contributed by atoms with Crippen LogP contribution in [0.25, 0.3) is 0 Å². The van der Waals surface area contributed by atoms with E-state index in [1.807, 2.05) is 0 Å². The molecule has 0 bridgehead atoms. The lowest BCUT2D eigenvalue weighted by atomic mass is 9.81. The zero-order valence-electron chi connectivity index (χ0n) is 11.5. The zero-order valence-corrected chi connectivity index (χ0v) is 11.5. The molecule has 112 valence electrons. The maximum atomic E-state index is 12.5. The van der Waals surface area contributed by atoms with Crippen molar-refractivity contribution in [3.05, 3.63) is 35.4 Å². The smallest absolute Gasteiger partial charge is 0.416 e. The first kappa shape index (κ1) is 16.5. The van der Waals surface area contributed by atoms with Crippen molar-refractivity contribution in [2.45, 2.75) is 32.0 Å². The van der Waals surface area contributed by atoms with Crippen LogP contribution >= 0.6 is 0 Å². The van der Waals surface area contributed by atoms with Gasteiger partial charge in [-0.1, -0.05) is 19.1 Å². The largest absolute Gasteiger partial charge is 0.469 e. The molecule has 0 saturated heterocycles. The molecule has 1 N–H and O–H groups in total. The molecular weight excluding hydrogens is 273 g/mol. The van der Waals surface area contributed by atoms with Crippen LogP contribution in [0.5, 0.6) is 0 Å². The van der Waals surface area contributed by atoms with Gasteiger partial charge in [0, 0.05) is 0 Å². The first-order valence-corrected chi connectivity index (χ1v) is 6.12. The van der Waals surface area contributed by atoms with Gasteiger partial charge in [-0.3, -0.25) is 4.79 Å². The second-order valence-electron chi connectivity index (χ2n) is 4.71. The second-order valence-corrected chi connectivity index (χ2v) is 4.71. The Morgan fingerprint density at radius 2 is 1.70 bits per heavy atom. The summed E-state index contributed by atoms with van der Waals surface area (Å²) in [6, 6.07) is 4.12. The van der Waals surface area contributed by atoms with Crippen LogP contribution in [0.15, 0.2) is 24.3 Å². The van der Waals surface area contributed by atoms with Gasteiger partial charge >= 0.3 is 12.1 Å². The summed E-state index contributed by atoms with van der Waals surface area (Å²) in [4.78, 5) is 11.6. The number of rotatable bonds is 4. The summed E-state index contributed by atoms with van der Waals surface area (Å²) in [5.41, 5.74) is -2.16. The Bertz CT molecular complexity index is 464. The van der Waals surface area contributed by atoms with Gasteiger partial charge in [-0.25, -0.2) is 0 Å². The van der Waals surface area contributed by atoms with Crippen molar-refractivity contribution in [3.63, 3.8) is 0 Å². The number of hydrogen-bond donors (Lipinski definition) is 1. The summed E-state index contributed by atoms with van der Waals surface area (Å²) in [6.45, 7) is 3.08. The third kappa shape index (κ3) is 3.30. The highest BCUT2D eigenvalue weighted by Crippen LogP contribution is 2.35. The number of ether oxygens (including phenoxy) is 1. The Kier molecular flexibility index (Phi) is 4.81. The van der Waals surface area contributed by atoms with E-state index in [0.29, 0.717) is 6.42 Å².